The van der Waals surface area contributed by atoms with Crippen molar-refractivity contribution in [3.8, 4) is 11.4 Å². The van der Waals surface area contributed by atoms with Gasteiger partial charge >= 0.3 is 0 Å². The smallest absolute Gasteiger partial charge is 0.176 e. The first-order valence-corrected chi connectivity index (χ1v) is 6.39. The lowest BCUT2D eigenvalue weighted by Gasteiger charge is -2.09. The SMILES string of the molecule is CNCCc1nnn(-c2ccc(OC(C)C)cc2)n1. The number of aromatic nitrogens is 4. The van der Waals surface area contributed by atoms with Crippen LogP contribution in [0.1, 0.15) is 19.7 Å². The van der Waals surface area contributed by atoms with E-state index in [9.17, 15) is 0 Å². The monoisotopic (exact) mass is 261 g/mol. The van der Waals surface area contributed by atoms with E-state index in [4.69, 9.17) is 4.74 Å². The van der Waals surface area contributed by atoms with Crippen molar-refractivity contribution in [2.24, 2.45) is 0 Å². The van der Waals surface area contributed by atoms with Crippen LogP contribution >= 0.6 is 0 Å². The van der Waals surface area contributed by atoms with Crippen molar-refractivity contribution in [2.45, 2.75) is 26.4 Å². The van der Waals surface area contributed by atoms with Crippen LogP contribution < -0.4 is 10.1 Å². The number of benzene rings is 1. The molecular weight excluding hydrogens is 242 g/mol. The molecular formula is C13H19N5O. The van der Waals surface area contributed by atoms with Gasteiger partial charge in [0.1, 0.15) is 5.75 Å². The van der Waals surface area contributed by atoms with Crippen LogP contribution in [-0.4, -0.2) is 39.9 Å². The number of hydrogen-bond donors (Lipinski definition) is 1. The van der Waals surface area contributed by atoms with Gasteiger partial charge in [0.2, 0.25) is 0 Å². The lowest BCUT2D eigenvalue weighted by Crippen LogP contribution is -2.11. The Bertz CT molecular complexity index is 506. The van der Waals surface area contributed by atoms with Crippen LogP contribution in [0.4, 0.5) is 0 Å². The first-order chi connectivity index (χ1) is 9.19. The molecule has 0 atom stereocenters. The second-order valence-corrected chi connectivity index (χ2v) is 4.51. The minimum atomic E-state index is 0.170. The summed E-state index contributed by atoms with van der Waals surface area (Å²) in [7, 11) is 1.90. The lowest BCUT2D eigenvalue weighted by atomic mass is 10.3. The highest BCUT2D eigenvalue weighted by Crippen LogP contribution is 2.15. The lowest BCUT2D eigenvalue weighted by molar-refractivity contribution is 0.242. The molecule has 0 aliphatic heterocycles. The number of nitrogens with zero attached hydrogens (tertiary/aromatic N) is 4. The third-order valence-electron chi connectivity index (χ3n) is 2.49. The molecule has 0 aliphatic rings. The van der Waals surface area contributed by atoms with Crippen LogP contribution in [0.2, 0.25) is 0 Å². The van der Waals surface area contributed by atoms with E-state index in [2.05, 4.69) is 20.7 Å². The highest BCUT2D eigenvalue weighted by atomic mass is 16.5. The Morgan fingerprint density at radius 1 is 1.26 bits per heavy atom. The molecule has 19 heavy (non-hydrogen) atoms. The summed E-state index contributed by atoms with van der Waals surface area (Å²) >= 11 is 0. The molecule has 6 nitrogen and oxygen atoms in total. The summed E-state index contributed by atoms with van der Waals surface area (Å²) in [6, 6.07) is 7.65. The van der Waals surface area contributed by atoms with Crippen LogP contribution in [-0.2, 0) is 6.42 Å². The number of ether oxygens (including phenoxy) is 1. The fourth-order valence-corrected chi connectivity index (χ4v) is 1.62. The normalized spacial score (nSPS) is 10.9. The summed E-state index contributed by atoms with van der Waals surface area (Å²) < 4.78 is 5.59. The van der Waals surface area contributed by atoms with Crippen molar-refractivity contribution in [1.29, 1.82) is 0 Å². The Balaban J connectivity index is 2.07. The minimum absolute atomic E-state index is 0.170. The Morgan fingerprint density at radius 3 is 2.63 bits per heavy atom. The highest BCUT2D eigenvalue weighted by Gasteiger charge is 2.05. The van der Waals surface area contributed by atoms with E-state index in [1.807, 2.05) is 45.2 Å². The van der Waals surface area contributed by atoms with Gasteiger partial charge in [-0.1, -0.05) is 0 Å². The van der Waals surface area contributed by atoms with Gasteiger partial charge in [0.15, 0.2) is 5.82 Å². The predicted molar refractivity (Wildman–Crippen MR) is 72.5 cm³/mol. The molecule has 1 aromatic carbocycles. The third kappa shape index (κ3) is 3.75. The van der Waals surface area contributed by atoms with Gasteiger partial charge in [-0.3, -0.25) is 0 Å². The zero-order valence-corrected chi connectivity index (χ0v) is 11.5. The molecule has 0 fully saturated rings. The molecule has 0 saturated carbocycles. The number of rotatable bonds is 6. The summed E-state index contributed by atoms with van der Waals surface area (Å²) in [4.78, 5) is 1.53. The highest BCUT2D eigenvalue weighted by molar-refractivity contribution is 5.35. The van der Waals surface area contributed by atoms with Gasteiger partial charge in [0, 0.05) is 13.0 Å². The summed E-state index contributed by atoms with van der Waals surface area (Å²) in [6.45, 7) is 4.84. The molecule has 2 rings (SSSR count). The maximum absolute atomic E-state index is 5.59. The summed E-state index contributed by atoms with van der Waals surface area (Å²) in [5.41, 5.74) is 0.874. The third-order valence-corrected chi connectivity index (χ3v) is 2.49. The Kier molecular flexibility index (Phi) is 4.46. The van der Waals surface area contributed by atoms with Crippen molar-refractivity contribution >= 4 is 0 Å². The van der Waals surface area contributed by atoms with Crippen molar-refractivity contribution in [3.05, 3.63) is 30.1 Å². The summed E-state index contributed by atoms with van der Waals surface area (Å²) in [6.07, 6.45) is 0.939. The molecule has 0 amide bonds. The maximum atomic E-state index is 5.59. The minimum Gasteiger partial charge on any atom is -0.491 e. The number of nitrogens with one attached hydrogen (secondary N) is 1. The van der Waals surface area contributed by atoms with Gasteiger partial charge in [-0.05, 0) is 50.4 Å². The van der Waals surface area contributed by atoms with Crippen LogP contribution in [0, 0.1) is 0 Å². The Labute approximate surface area is 112 Å². The molecule has 0 unspecified atom stereocenters. The molecule has 2 aromatic rings. The van der Waals surface area contributed by atoms with Crippen molar-refractivity contribution in [3.63, 3.8) is 0 Å². The molecule has 0 aliphatic carbocycles. The standard InChI is InChI=1S/C13H19N5O/c1-10(2)19-12-6-4-11(5-7-12)18-16-13(15-17-18)8-9-14-3/h4-7,10,14H,8-9H2,1-3H3. The second-order valence-electron chi connectivity index (χ2n) is 4.51. The molecule has 0 spiro atoms. The van der Waals surface area contributed by atoms with E-state index in [-0.39, 0.29) is 6.10 Å². The first-order valence-electron chi connectivity index (χ1n) is 6.39. The van der Waals surface area contributed by atoms with Crippen LogP contribution in [0.5, 0.6) is 5.75 Å². The first kappa shape index (κ1) is 13.5. The Hall–Kier alpha value is -1.95. The van der Waals surface area contributed by atoms with E-state index < -0.39 is 0 Å². The fraction of sp³-hybridized carbons (Fsp3) is 0.462. The van der Waals surface area contributed by atoms with Crippen molar-refractivity contribution in [2.75, 3.05) is 13.6 Å². The molecule has 6 heteroatoms. The summed E-state index contributed by atoms with van der Waals surface area (Å²) in [5.74, 6) is 1.58. The zero-order valence-electron chi connectivity index (χ0n) is 11.5. The molecule has 102 valence electrons. The average Bonchev–Trinajstić information content (AvgIpc) is 2.85. The van der Waals surface area contributed by atoms with Gasteiger partial charge in [0.25, 0.3) is 0 Å². The predicted octanol–water partition coefficient (Wildman–Crippen LogP) is 1.21. The van der Waals surface area contributed by atoms with Gasteiger partial charge in [0.05, 0.1) is 11.8 Å². The molecule has 1 aromatic heterocycles. The fourth-order valence-electron chi connectivity index (χ4n) is 1.62. The van der Waals surface area contributed by atoms with E-state index in [1.165, 1.54) is 4.80 Å². The molecule has 1 N–H and O–H groups in total. The van der Waals surface area contributed by atoms with Crippen LogP contribution in [0.15, 0.2) is 24.3 Å². The largest absolute Gasteiger partial charge is 0.491 e. The van der Waals surface area contributed by atoms with Crippen molar-refractivity contribution < 1.29 is 4.74 Å². The topological polar surface area (TPSA) is 64.9 Å². The number of hydrogen-bond acceptors (Lipinski definition) is 5. The van der Waals surface area contributed by atoms with E-state index in [1.54, 1.807) is 0 Å². The van der Waals surface area contributed by atoms with Crippen LogP contribution in [0.3, 0.4) is 0 Å². The molecule has 0 radical (unpaired) electrons. The number of tetrazole rings is 1. The van der Waals surface area contributed by atoms with Crippen molar-refractivity contribution in [1.82, 2.24) is 25.5 Å². The van der Waals surface area contributed by atoms with E-state index >= 15 is 0 Å². The van der Waals surface area contributed by atoms with Gasteiger partial charge in [-0.15, -0.1) is 15.0 Å². The zero-order chi connectivity index (χ0) is 13.7. The molecule has 1 heterocycles. The molecule has 0 saturated heterocycles. The van der Waals surface area contributed by atoms with E-state index in [0.717, 1.165) is 30.2 Å². The average molecular weight is 261 g/mol. The van der Waals surface area contributed by atoms with E-state index in [0.29, 0.717) is 0 Å². The van der Waals surface area contributed by atoms with Gasteiger partial charge < -0.3 is 10.1 Å². The Morgan fingerprint density at radius 2 is 2.00 bits per heavy atom. The second kappa shape index (κ2) is 6.29. The maximum Gasteiger partial charge on any atom is 0.176 e. The number of likely N-dealkylation sites (N-methyl/N-ethyl adjacent to an activating group) is 1. The van der Waals surface area contributed by atoms with Gasteiger partial charge in [-0.25, -0.2) is 0 Å². The van der Waals surface area contributed by atoms with Crippen LogP contribution in [0.25, 0.3) is 5.69 Å². The van der Waals surface area contributed by atoms with Gasteiger partial charge in [-0.2, -0.15) is 0 Å². The summed E-state index contributed by atoms with van der Waals surface area (Å²) in [5, 5.41) is 15.4. The molecule has 0 bridgehead atoms. The quantitative estimate of drug-likeness (QED) is 0.846.